The highest BCUT2D eigenvalue weighted by atomic mass is 16.5. The lowest BCUT2D eigenvalue weighted by Crippen LogP contribution is -2.23. The van der Waals surface area contributed by atoms with Crippen LogP contribution in [0.2, 0.25) is 0 Å². The maximum atomic E-state index is 5.66. The van der Waals surface area contributed by atoms with Crippen molar-refractivity contribution in [1.29, 1.82) is 0 Å². The smallest absolute Gasteiger partial charge is 0.0598 e. The SMILES string of the molecule is [CH2]C(C)C[C@@H](C)COC(C)(C)C. The normalized spacial score (nSPS) is 15.2. The molecule has 0 fully saturated rings. The second-order valence-electron chi connectivity index (χ2n) is 4.87. The minimum absolute atomic E-state index is 0.00132. The molecule has 0 aliphatic rings. The first-order valence-electron chi connectivity index (χ1n) is 4.78. The van der Waals surface area contributed by atoms with E-state index in [0.717, 1.165) is 13.0 Å². The van der Waals surface area contributed by atoms with Gasteiger partial charge in [-0.3, -0.25) is 0 Å². The summed E-state index contributed by atoms with van der Waals surface area (Å²) in [6.45, 7) is 15.5. The van der Waals surface area contributed by atoms with Gasteiger partial charge in [-0.2, -0.15) is 0 Å². The van der Waals surface area contributed by atoms with Crippen molar-refractivity contribution in [2.24, 2.45) is 11.8 Å². The van der Waals surface area contributed by atoms with Gasteiger partial charge in [-0.05, 0) is 39.0 Å². The van der Waals surface area contributed by atoms with Crippen LogP contribution < -0.4 is 0 Å². The third-order valence-corrected chi connectivity index (χ3v) is 1.61. The first-order valence-corrected chi connectivity index (χ1v) is 4.78. The largest absolute Gasteiger partial charge is 0.376 e. The molecular formula is C11H23O. The van der Waals surface area contributed by atoms with Crippen LogP contribution in [0, 0.1) is 18.8 Å². The maximum absolute atomic E-state index is 5.66. The van der Waals surface area contributed by atoms with Crippen molar-refractivity contribution in [3.05, 3.63) is 6.92 Å². The quantitative estimate of drug-likeness (QED) is 0.630. The van der Waals surface area contributed by atoms with Crippen LogP contribution in [0.4, 0.5) is 0 Å². The third-order valence-electron chi connectivity index (χ3n) is 1.61. The topological polar surface area (TPSA) is 9.23 Å². The Morgan fingerprint density at radius 1 is 1.25 bits per heavy atom. The summed E-state index contributed by atoms with van der Waals surface area (Å²) in [5.74, 6) is 1.15. The van der Waals surface area contributed by atoms with Crippen LogP contribution in [-0.2, 0) is 4.74 Å². The van der Waals surface area contributed by atoms with Gasteiger partial charge < -0.3 is 4.74 Å². The molecule has 12 heavy (non-hydrogen) atoms. The highest BCUT2D eigenvalue weighted by Gasteiger charge is 2.13. The summed E-state index contributed by atoms with van der Waals surface area (Å²) in [6.07, 6.45) is 1.15. The summed E-state index contributed by atoms with van der Waals surface area (Å²) in [5.41, 5.74) is -0.00132. The van der Waals surface area contributed by atoms with E-state index in [1.54, 1.807) is 0 Å². The summed E-state index contributed by atoms with van der Waals surface area (Å²) in [4.78, 5) is 0. The van der Waals surface area contributed by atoms with Crippen LogP contribution in [0.5, 0.6) is 0 Å². The molecule has 0 aromatic heterocycles. The van der Waals surface area contributed by atoms with E-state index >= 15 is 0 Å². The Hall–Kier alpha value is -0.0400. The molecule has 0 bridgehead atoms. The van der Waals surface area contributed by atoms with Gasteiger partial charge >= 0.3 is 0 Å². The van der Waals surface area contributed by atoms with Crippen molar-refractivity contribution < 1.29 is 4.74 Å². The van der Waals surface area contributed by atoms with Gasteiger partial charge in [-0.1, -0.05) is 20.8 Å². The molecule has 0 rings (SSSR count). The lowest BCUT2D eigenvalue weighted by molar-refractivity contribution is -0.0218. The average Bonchev–Trinajstić information content (AvgIpc) is 1.80. The second kappa shape index (κ2) is 4.86. The Balaban J connectivity index is 3.51. The molecule has 0 N–H and O–H groups in total. The van der Waals surface area contributed by atoms with E-state index in [1.165, 1.54) is 0 Å². The first kappa shape index (κ1) is 12.0. The van der Waals surface area contributed by atoms with Crippen LogP contribution in [-0.4, -0.2) is 12.2 Å². The zero-order valence-corrected chi connectivity index (χ0v) is 9.18. The summed E-state index contributed by atoms with van der Waals surface area (Å²) < 4.78 is 5.66. The third kappa shape index (κ3) is 8.06. The van der Waals surface area contributed by atoms with Crippen molar-refractivity contribution >= 4 is 0 Å². The second-order valence-corrected chi connectivity index (χ2v) is 4.87. The van der Waals surface area contributed by atoms with Gasteiger partial charge in [0, 0.05) is 6.61 Å². The monoisotopic (exact) mass is 171 g/mol. The summed E-state index contributed by atoms with van der Waals surface area (Å²) >= 11 is 0. The lowest BCUT2D eigenvalue weighted by atomic mass is 9.99. The Kier molecular flexibility index (Phi) is 4.84. The number of hydrogen-bond acceptors (Lipinski definition) is 1. The predicted molar refractivity (Wildman–Crippen MR) is 54.0 cm³/mol. The van der Waals surface area contributed by atoms with Gasteiger partial charge in [0.1, 0.15) is 0 Å². The Morgan fingerprint density at radius 3 is 2.08 bits per heavy atom. The Bertz CT molecular complexity index is 111. The molecule has 1 nitrogen and oxygen atoms in total. The van der Waals surface area contributed by atoms with Crippen LogP contribution >= 0.6 is 0 Å². The van der Waals surface area contributed by atoms with E-state index in [4.69, 9.17) is 4.74 Å². The molecule has 0 aromatic rings. The summed E-state index contributed by atoms with van der Waals surface area (Å²) in [7, 11) is 0. The molecule has 73 valence electrons. The summed E-state index contributed by atoms with van der Waals surface area (Å²) in [5, 5.41) is 0. The molecule has 1 unspecified atom stereocenters. The van der Waals surface area contributed by atoms with Crippen LogP contribution in [0.1, 0.15) is 41.0 Å². The number of hydrogen-bond donors (Lipinski definition) is 0. The van der Waals surface area contributed by atoms with Gasteiger partial charge in [0.15, 0.2) is 0 Å². The fourth-order valence-corrected chi connectivity index (χ4v) is 1.15. The molecule has 2 atom stereocenters. The molecule has 0 saturated carbocycles. The van der Waals surface area contributed by atoms with E-state index in [1.807, 2.05) is 0 Å². The van der Waals surface area contributed by atoms with Gasteiger partial charge in [0.05, 0.1) is 5.60 Å². The molecule has 0 saturated heterocycles. The standard InChI is InChI=1S/C11H23O/c1-9(2)7-10(3)8-12-11(4,5)6/h9-10H,1,7-8H2,2-6H3/t9?,10-/m1/s1. The molecule has 0 aromatic carbocycles. The van der Waals surface area contributed by atoms with Crippen molar-refractivity contribution in [2.75, 3.05) is 6.61 Å². The van der Waals surface area contributed by atoms with E-state index in [9.17, 15) is 0 Å². The predicted octanol–water partition coefficient (Wildman–Crippen LogP) is 3.30. The van der Waals surface area contributed by atoms with Crippen LogP contribution in [0.25, 0.3) is 0 Å². The highest BCUT2D eigenvalue weighted by molar-refractivity contribution is 4.64. The Morgan fingerprint density at radius 2 is 1.75 bits per heavy atom. The Labute approximate surface area is 77.5 Å². The fraction of sp³-hybridized carbons (Fsp3) is 0.909. The molecule has 0 aliphatic carbocycles. The molecular weight excluding hydrogens is 148 g/mol. The zero-order valence-electron chi connectivity index (χ0n) is 9.18. The molecule has 0 spiro atoms. The molecule has 0 heterocycles. The summed E-state index contributed by atoms with van der Waals surface area (Å²) in [6, 6.07) is 0. The van der Waals surface area contributed by atoms with Crippen molar-refractivity contribution in [3.63, 3.8) is 0 Å². The molecule has 0 amide bonds. The zero-order chi connectivity index (χ0) is 9.78. The van der Waals surface area contributed by atoms with E-state index in [0.29, 0.717) is 11.8 Å². The number of rotatable bonds is 4. The average molecular weight is 171 g/mol. The van der Waals surface area contributed by atoms with Gasteiger partial charge in [0.25, 0.3) is 0 Å². The minimum Gasteiger partial charge on any atom is -0.376 e. The first-order chi connectivity index (χ1) is 5.31. The molecule has 0 aliphatic heterocycles. The van der Waals surface area contributed by atoms with Gasteiger partial charge in [-0.15, -0.1) is 0 Å². The van der Waals surface area contributed by atoms with Gasteiger partial charge in [0.2, 0.25) is 0 Å². The fourth-order valence-electron chi connectivity index (χ4n) is 1.15. The van der Waals surface area contributed by atoms with Crippen molar-refractivity contribution in [3.8, 4) is 0 Å². The van der Waals surface area contributed by atoms with Crippen LogP contribution in [0.15, 0.2) is 0 Å². The minimum atomic E-state index is -0.00132. The van der Waals surface area contributed by atoms with Crippen molar-refractivity contribution in [1.82, 2.24) is 0 Å². The highest BCUT2D eigenvalue weighted by Crippen LogP contribution is 2.14. The van der Waals surface area contributed by atoms with E-state index in [-0.39, 0.29) is 5.60 Å². The molecule has 1 radical (unpaired) electrons. The van der Waals surface area contributed by atoms with E-state index < -0.39 is 0 Å². The van der Waals surface area contributed by atoms with Crippen LogP contribution in [0.3, 0.4) is 0 Å². The molecule has 1 heteroatoms. The van der Waals surface area contributed by atoms with Gasteiger partial charge in [-0.25, -0.2) is 0 Å². The maximum Gasteiger partial charge on any atom is 0.0598 e. The van der Waals surface area contributed by atoms with E-state index in [2.05, 4.69) is 41.5 Å². The number of ether oxygens (including phenoxy) is 1. The lowest BCUT2D eigenvalue weighted by Gasteiger charge is -2.23. The van der Waals surface area contributed by atoms with Crippen molar-refractivity contribution in [2.45, 2.75) is 46.6 Å².